The average molecular weight is 266 g/mol. The number of methoxy groups -OCH3 is 1. The van der Waals surface area contributed by atoms with Crippen LogP contribution in [0.3, 0.4) is 0 Å². The Kier molecular flexibility index (Phi) is 6.74. The molecule has 0 aliphatic carbocycles. The topological polar surface area (TPSA) is 84.6 Å². The van der Waals surface area contributed by atoms with Crippen molar-refractivity contribution in [2.24, 2.45) is 5.73 Å². The van der Waals surface area contributed by atoms with Crippen LogP contribution in [0.1, 0.15) is 24.8 Å². The molecule has 1 aromatic carbocycles. The van der Waals surface area contributed by atoms with Gasteiger partial charge in [0.05, 0.1) is 7.11 Å². The Hall–Kier alpha value is -1.75. The van der Waals surface area contributed by atoms with Crippen molar-refractivity contribution in [2.45, 2.75) is 25.7 Å². The van der Waals surface area contributed by atoms with E-state index in [1.54, 1.807) is 18.2 Å². The molecule has 0 saturated heterocycles. The van der Waals surface area contributed by atoms with E-state index in [9.17, 15) is 9.90 Å². The van der Waals surface area contributed by atoms with Crippen molar-refractivity contribution < 1.29 is 14.6 Å². The van der Waals surface area contributed by atoms with E-state index in [4.69, 9.17) is 10.5 Å². The molecule has 0 aliphatic rings. The lowest BCUT2D eigenvalue weighted by Crippen LogP contribution is -2.25. The van der Waals surface area contributed by atoms with Crippen molar-refractivity contribution in [1.29, 1.82) is 0 Å². The molecule has 0 aromatic heterocycles. The standard InChI is InChI=1S/C14H22N2O3/c1-19-13-10-11(4-6-12(13)17)5-7-14(18)16-9-3-2-8-15/h4,6,10,17H,2-3,5,7-9,15H2,1H3,(H,16,18). The van der Waals surface area contributed by atoms with E-state index in [1.165, 1.54) is 7.11 Å². The number of carbonyl (C=O) groups is 1. The zero-order valence-electron chi connectivity index (χ0n) is 11.3. The van der Waals surface area contributed by atoms with Crippen LogP contribution in [0.5, 0.6) is 11.5 Å². The van der Waals surface area contributed by atoms with Gasteiger partial charge < -0.3 is 20.9 Å². The second-order valence-corrected chi connectivity index (χ2v) is 4.35. The first-order valence-corrected chi connectivity index (χ1v) is 6.50. The van der Waals surface area contributed by atoms with Crippen LogP contribution in [-0.2, 0) is 11.2 Å². The highest BCUT2D eigenvalue weighted by Crippen LogP contribution is 2.26. The molecule has 0 bridgehead atoms. The fourth-order valence-electron chi connectivity index (χ4n) is 1.72. The predicted molar refractivity (Wildman–Crippen MR) is 74.3 cm³/mol. The summed E-state index contributed by atoms with van der Waals surface area (Å²) in [4.78, 5) is 11.6. The van der Waals surface area contributed by atoms with E-state index in [-0.39, 0.29) is 11.7 Å². The van der Waals surface area contributed by atoms with Gasteiger partial charge in [-0.2, -0.15) is 0 Å². The second-order valence-electron chi connectivity index (χ2n) is 4.35. The minimum Gasteiger partial charge on any atom is -0.504 e. The molecule has 5 nitrogen and oxygen atoms in total. The molecule has 0 radical (unpaired) electrons. The van der Waals surface area contributed by atoms with Gasteiger partial charge >= 0.3 is 0 Å². The Morgan fingerprint density at radius 1 is 1.42 bits per heavy atom. The molecule has 0 heterocycles. The number of benzene rings is 1. The van der Waals surface area contributed by atoms with Crippen molar-refractivity contribution in [1.82, 2.24) is 5.32 Å². The van der Waals surface area contributed by atoms with Crippen LogP contribution in [0.15, 0.2) is 18.2 Å². The Morgan fingerprint density at radius 2 is 2.21 bits per heavy atom. The van der Waals surface area contributed by atoms with Gasteiger partial charge in [-0.3, -0.25) is 4.79 Å². The summed E-state index contributed by atoms with van der Waals surface area (Å²) in [6, 6.07) is 5.11. The van der Waals surface area contributed by atoms with Crippen molar-refractivity contribution in [3.8, 4) is 11.5 Å². The Balaban J connectivity index is 2.33. The predicted octanol–water partition coefficient (Wildman–Crippen LogP) is 1.19. The van der Waals surface area contributed by atoms with Crippen LogP contribution in [0.25, 0.3) is 0 Å². The van der Waals surface area contributed by atoms with Crippen LogP contribution in [0, 0.1) is 0 Å². The summed E-state index contributed by atoms with van der Waals surface area (Å²) in [5, 5.41) is 12.3. The number of amides is 1. The fraction of sp³-hybridized carbons (Fsp3) is 0.500. The highest BCUT2D eigenvalue weighted by molar-refractivity contribution is 5.76. The van der Waals surface area contributed by atoms with E-state index in [2.05, 4.69) is 5.32 Å². The van der Waals surface area contributed by atoms with Crippen molar-refractivity contribution in [2.75, 3.05) is 20.2 Å². The van der Waals surface area contributed by atoms with E-state index in [1.807, 2.05) is 0 Å². The molecule has 5 heteroatoms. The number of carbonyl (C=O) groups excluding carboxylic acids is 1. The maximum atomic E-state index is 11.6. The Morgan fingerprint density at radius 3 is 2.89 bits per heavy atom. The number of hydrogen-bond acceptors (Lipinski definition) is 4. The van der Waals surface area contributed by atoms with Crippen LogP contribution in [0.2, 0.25) is 0 Å². The third-order valence-electron chi connectivity index (χ3n) is 2.84. The molecule has 1 rings (SSSR count). The minimum atomic E-state index is 0.0315. The quantitative estimate of drug-likeness (QED) is 0.617. The number of unbranched alkanes of at least 4 members (excludes halogenated alkanes) is 1. The lowest BCUT2D eigenvalue weighted by atomic mass is 10.1. The van der Waals surface area contributed by atoms with Gasteiger partial charge in [0.15, 0.2) is 11.5 Å². The number of rotatable bonds is 8. The van der Waals surface area contributed by atoms with Gasteiger partial charge in [-0.15, -0.1) is 0 Å². The normalized spacial score (nSPS) is 10.2. The zero-order valence-corrected chi connectivity index (χ0v) is 11.3. The molecular weight excluding hydrogens is 244 g/mol. The highest BCUT2D eigenvalue weighted by atomic mass is 16.5. The molecule has 19 heavy (non-hydrogen) atoms. The van der Waals surface area contributed by atoms with Crippen LogP contribution < -0.4 is 15.8 Å². The summed E-state index contributed by atoms with van der Waals surface area (Å²) in [5.74, 6) is 0.572. The van der Waals surface area contributed by atoms with Crippen LogP contribution in [0.4, 0.5) is 0 Å². The summed E-state index contributed by atoms with van der Waals surface area (Å²) in [7, 11) is 1.50. The summed E-state index contributed by atoms with van der Waals surface area (Å²) < 4.78 is 5.02. The first kappa shape index (κ1) is 15.3. The molecule has 0 aliphatic heterocycles. The van der Waals surface area contributed by atoms with Crippen LogP contribution in [-0.4, -0.2) is 31.2 Å². The SMILES string of the molecule is COc1cc(CCC(=O)NCCCCN)ccc1O. The molecule has 1 amide bonds. The maximum absolute atomic E-state index is 11.6. The lowest BCUT2D eigenvalue weighted by molar-refractivity contribution is -0.121. The number of ether oxygens (including phenoxy) is 1. The third kappa shape index (κ3) is 5.61. The van der Waals surface area contributed by atoms with E-state index < -0.39 is 0 Å². The van der Waals surface area contributed by atoms with Gasteiger partial charge in [0.25, 0.3) is 0 Å². The van der Waals surface area contributed by atoms with Gasteiger partial charge in [-0.05, 0) is 43.5 Å². The number of phenols is 1. The molecule has 4 N–H and O–H groups in total. The van der Waals surface area contributed by atoms with Gasteiger partial charge in [0.1, 0.15) is 0 Å². The van der Waals surface area contributed by atoms with Gasteiger partial charge in [0, 0.05) is 13.0 Å². The number of nitrogens with two attached hydrogens (primary N) is 1. The first-order chi connectivity index (χ1) is 9.17. The fourth-order valence-corrected chi connectivity index (χ4v) is 1.72. The first-order valence-electron chi connectivity index (χ1n) is 6.50. The zero-order chi connectivity index (χ0) is 14.1. The number of phenolic OH excluding ortho intramolecular Hbond substituents is 1. The van der Waals surface area contributed by atoms with Gasteiger partial charge in [0.2, 0.25) is 5.91 Å². The molecule has 0 atom stereocenters. The van der Waals surface area contributed by atoms with E-state index >= 15 is 0 Å². The van der Waals surface area contributed by atoms with Crippen molar-refractivity contribution in [3.05, 3.63) is 23.8 Å². The number of nitrogens with one attached hydrogen (secondary N) is 1. The van der Waals surface area contributed by atoms with E-state index in [0.717, 1.165) is 18.4 Å². The maximum Gasteiger partial charge on any atom is 0.220 e. The van der Waals surface area contributed by atoms with Crippen LogP contribution >= 0.6 is 0 Å². The van der Waals surface area contributed by atoms with Crippen molar-refractivity contribution >= 4 is 5.91 Å². The third-order valence-corrected chi connectivity index (χ3v) is 2.84. The summed E-state index contributed by atoms with van der Waals surface area (Å²) in [6.45, 7) is 1.33. The van der Waals surface area contributed by atoms with E-state index in [0.29, 0.717) is 31.7 Å². The van der Waals surface area contributed by atoms with Gasteiger partial charge in [-0.1, -0.05) is 6.07 Å². The monoisotopic (exact) mass is 266 g/mol. The highest BCUT2D eigenvalue weighted by Gasteiger charge is 2.05. The van der Waals surface area contributed by atoms with Crippen molar-refractivity contribution in [3.63, 3.8) is 0 Å². The summed E-state index contributed by atoms with van der Waals surface area (Å²) in [6.07, 6.45) is 2.89. The number of aromatic hydroxyl groups is 1. The number of aryl methyl sites for hydroxylation is 1. The Bertz CT molecular complexity index is 408. The molecule has 0 spiro atoms. The summed E-state index contributed by atoms with van der Waals surface area (Å²) in [5.41, 5.74) is 6.34. The number of hydrogen-bond donors (Lipinski definition) is 3. The van der Waals surface area contributed by atoms with Gasteiger partial charge in [-0.25, -0.2) is 0 Å². The molecule has 0 unspecified atom stereocenters. The average Bonchev–Trinajstić information content (AvgIpc) is 2.42. The summed E-state index contributed by atoms with van der Waals surface area (Å²) >= 11 is 0. The molecule has 106 valence electrons. The molecule has 0 fully saturated rings. The second kappa shape index (κ2) is 8.37. The minimum absolute atomic E-state index is 0.0315. The molecular formula is C14H22N2O3. The Labute approximate surface area is 113 Å². The molecule has 1 aromatic rings. The largest absolute Gasteiger partial charge is 0.504 e. The lowest BCUT2D eigenvalue weighted by Gasteiger charge is -2.07. The molecule has 0 saturated carbocycles. The smallest absolute Gasteiger partial charge is 0.220 e.